The van der Waals surface area contributed by atoms with Crippen LogP contribution in [-0.2, 0) is 16.2 Å². The zero-order valence-corrected chi connectivity index (χ0v) is 30.0. The van der Waals surface area contributed by atoms with Crippen LogP contribution in [0.3, 0.4) is 0 Å². The van der Waals surface area contributed by atoms with E-state index in [0.717, 1.165) is 83.2 Å². The normalized spacial score (nSPS) is 26.0. The lowest BCUT2D eigenvalue weighted by Crippen LogP contribution is -2.64. The summed E-state index contributed by atoms with van der Waals surface area (Å²) in [6.07, 6.45) is 9.97. The van der Waals surface area contributed by atoms with Crippen molar-refractivity contribution < 1.29 is 29.3 Å². The predicted molar refractivity (Wildman–Crippen MR) is 198 cm³/mol. The molecule has 50 heavy (non-hydrogen) atoms. The van der Waals surface area contributed by atoms with Gasteiger partial charge in [0.1, 0.15) is 25.2 Å². The van der Waals surface area contributed by atoms with E-state index in [1.807, 2.05) is 43.3 Å². The third-order valence-electron chi connectivity index (χ3n) is 10.2. The average Bonchev–Trinajstić information content (AvgIpc) is 3.13. The maximum Gasteiger partial charge on any atom is 0.231 e. The molecule has 1 aliphatic heterocycles. The third-order valence-corrected chi connectivity index (χ3v) is 11.5. The minimum Gasteiger partial charge on any atom is -0.487 e. The summed E-state index contributed by atoms with van der Waals surface area (Å²) in [6, 6.07) is 22.5. The first-order chi connectivity index (χ1) is 24.5. The number of aromatic nitrogens is 1. The summed E-state index contributed by atoms with van der Waals surface area (Å²) in [5.74, 6) is 0.786. The number of hydrogen-bond donors (Lipinski definition) is 2. The number of oxime groups is 1. The lowest BCUT2D eigenvalue weighted by Gasteiger charge is -2.58. The number of pyridine rings is 1. The fraction of sp³-hybridized carbons (Fsp3) is 0.463. The van der Waals surface area contributed by atoms with Crippen molar-refractivity contribution in [1.29, 1.82) is 0 Å². The maximum atomic E-state index is 9.83. The molecule has 2 aromatic carbocycles. The quantitative estimate of drug-likeness (QED) is 0.0831. The van der Waals surface area contributed by atoms with E-state index in [1.165, 1.54) is 0 Å². The van der Waals surface area contributed by atoms with Gasteiger partial charge in [-0.15, -0.1) is 18.3 Å². The first-order valence-corrected chi connectivity index (χ1v) is 18.8. The standard InChI is InChI=1S/C41H50N2O6S/c1-4-23-48-41-38(50-32-16-6-5-7-17-32)26-36(43-46-3)34-24-29(14-8-10-21-44)33(18-9-11-22-45)39(40(34)41)35-25-31(19-20-37(35)49-41)47-27-30-15-12-13-28(2)42-30/h4-7,12-13,15-17,19-20,24-25,29,33,38-40,44-45H,1,8-11,14,18,21-23,26-27H2,2-3H3/t29-,33+,38-,39+,40+,41+/m0/s1. The minimum absolute atomic E-state index is 0.00302. The maximum absolute atomic E-state index is 9.83. The van der Waals surface area contributed by atoms with Gasteiger partial charge in [0.05, 0.1) is 29.2 Å². The van der Waals surface area contributed by atoms with Crippen molar-refractivity contribution in [1.82, 2.24) is 4.98 Å². The summed E-state index contributed by atoms with van der Waals surface area (Å²) in [4.78, 5) is 11.3. The van der Waals surface area contributed by atoms with Crippen molar-refractivity contribution in [3.63, 3.8) is 0 Å². The number of benzene rings is 2. The molecule has 1 aromatic heterocycles. The summed E-state index contributed by atoms with van der Waals surface area (Å²) < 4.78 is 20.6. The highest BCUT2D eigenvalue weighted by molar-refractivity contribution is 8.00. The smallest absolute Gasteiger partial charge is 0.231 e. The molecular formula is C41H50N2O6S. The molecule has 0 saturated heterocycles. The lowest BCUT2D eigenvalue weighted by atomic mass is 9.56. The second-order valence-electron chi connectivity index (χ2n) is 13.4. The number of aliphatic hydroxyl groups excluding tert-OH is 2. The van der Waals surface area contributed by atoms with Gasteiger partial charge in [0.15, 0.2) is 0 Å². The van der Waals surface area contributed by atoms with E-state index in [1.54, 1.807) is 24.9 Å². The Bertz CT molecular complexity index is 1650. The molecular weight excluding hydrogens is 649 g/mol. The van der Waals surface area contributed by atoms with Crippen LogP contribution in [0.25, 0.3) is 0 Å². The van der Waals surface area contributed by atoms with Gasteiger partial charge in [-0.05, 0) is 92.5 Å². The van der Waals surface area contributed by atoms with Crippen LogP contribution >= 0.6 is 11.8 Å². The molecule has 6 rings (SSSR count). The van der Waals surface area contributed by atoms with Crippen LogP contribution in [0.1, 0.15) is 67.8 Å². The van der Waals surface area contributed by atoms with E-state index in [4.69, 9.17) is 19.0 Å². The van der Waals surface area contributed by atoms with Crippen LogP contribution < -0.4 is 9.47 Å². The van der Waals surface area contributed by atoms with Crippen molar-refractivity contribution in [2.24, 2.45) is 22.9 Å². The largest absolute Gasteiger partial charge is 0.487 e. The highest BCUT2D eigenvalue weighted by Gasteiger charge is 2.64. The molecule has 1 saturated carbocycles. The Morgan fingerprint density at radius 3 is 2.56 bits per heavy atom. The highest BCUT2D eigenvalue weighted by atomic mass is 32.2. The second-order valence-corrected chi connectivity index (χ2v) is 14.7. The molecule has 2 heterocycles. The van der Waals surface area contributed by atoms with Gasteiger partial charge in [-0.1, -0.05) is 54.4 Å². The topological polar surface area (TPSA) is 103 Å². The minimum atomic E-state index is -1.02. The molecule has 0 bridgehead atoms. The number of aliphatic hydroxyl groups is 2. The van der Waals surface area contributed by atoms with E-state index in [2.05, 4.69) is 53.1 Å². The lowest BCUT2D eigenvalue weighted by molar-refractivity contribution is -0.223. The number of hydrogen-bond acceptors (Lipinski definition) is 9. The Hall–Kier alpha value is -3.63. The molecule has 2 N–H and O–H groups in total. The summed E-state index contributed by atoms with van der Waals surface area (Å²) in [5.41, 5.74) is 4.95. The van der Waals surface area contributed by atoms with Crippen molar-refractivity contribution in [3.8, 4) is 11.5 Å². The molecule has 0 radical (unpaired) electrons. The third kappa shape index (κ3) is 7.81. The van der Waals surface area contributed by atoms with Gasteiger partial charge in [0.2, 0.25) is 5.79 Å². The van der Waals surface area contributed by atoms with Gasteiger partial charge in [-0.25, -0.2) is 0 Å². The molecule has 0 spiro atoms. The number of unbranched alkanes of at least 4 members (excludes halogenated alkanes) is 2. The van der Waals surface area contributed by atoms with Gasteiger partial charge < -0.3 is 29.3 Å². The Labute approximate surface area is 300 Å². The molecule has 266 valence electrons. The predicted octanol–water partition coefficient (Wildman–Crippen LogP) is 8.02. The zero-order chi connectivity index (χ0) is 34.9. The van der Waals surface area contributed by atoms with E-state index in [-0.39, 0.29) is 42.1 Å². The van der Waals surface area contributed by atoms with E-state index in [0.29, 0.717) is 19.6 Å². The van der Waals surface area contributed by atoms with Crippen molar-refractivity contribution >= 4 is 17.5 Å². The van der Waals surface area contributed by atoms with Crippen molar-refractivity contribution in [2.75, 3.05) is 26.9 Å². The Balaban J connectivity index is 1.51. The number of rotatable bonds is 17. The Kier molecular flexibility index (Phi) is 12.3. The molecule has 2 aliphatic carbocycles. The Morgan fingerprint density at radius 1 is 1.02 bits per heavy atom. The molecule has 6 atom stereocenters. The number of thioether (sulfide) groups is 1. The molecule has 0 unspecified atom stereocenters. The molecule has 3 aromatic rings. The van der Waals surface area contributed by atoms with E-state index in [9.17, 15) is 10.2 Å². The Morgan fingerprint density at radius 2 is 1.82 bits per heavy atom. The number of ether oxygens (including phenoxy) is 3. The van der Waals surface area contributed by atoms with Gasteiger partial charge in [0.25, 0.3) is 0 Å². The second kappa shape index (κ2) is 17.1. The van der Waals surface area contributed by atoms with Crippen LogP contribution in [0.5, 0.6) is 11.5 Å². The van der Waals surface area contributed by atoms with E-state index < -0.39 is 5.79 Å². The van der Waals surface area contributed by atoms with Crippen molar-refractivity contribution in [2.45, 2.75) is 80.3 Å². The molecule has 1 fully saturated rings. The SMILES string of the molecule is C=CCO[C@@]12Oc3ccc(OCc4cccc(C)n4)cc3[C@H]3[C@H](CCCCO)[C@@H](CCCCO)C=C(C(=NOC)C[C@@H]1Sc1ccccc1)[C@H]32. The molecule has 8 nitrogen and oxygen atoms in total. The summed E-state index contributed by atoms with van der Waals surface area (Å²) in [5, 5.41) is 24.1. The first kappa shape index (κ1) is 36.2. The van der Waals surface area contributed by atoms with Crippen LogP contribution in [-0.4, -0.2) is 58.9 Å². The first-order valence-electron chi connectivity index (χ1n) is 17.9. The summed E-state index contributed by atoms with van der Waals surface area (Å²) >= 11 is 1.75. The molecule has 3 aliphatic rings. The zero-order valence-electron chi connectivity index (χ0n) is 29.2. The average molecular weight is 699 g/mol. The van der Waals surface area contributed by atoms with Crippen molar-refractivity contribution in [3.05, 3.63) is 108 Å². The molecule has 0 amide bonds. The van der Waals surface area contributed by atoms with Gasteiger partial charge >= 0.3 is 0 Å². The summed E-state index contributed by atoms with van der Waals surface area (Å²) in [7, 11) is 1.61. The fourth-order valence-electron chi connectivity index (χ4n) is 8.13. The molecule has 9 heteroatoms. The van der Waals surface area contributed by atoms with Crippen LogP contribution in [0.15, 0.2) is 101 Å². The fourth-order valence-corrected chi connectivity index (χ4v) is 9.44. The summed E-state index contributed by atoms with van der Waals surface area (Å²) in [6.45, 7) is 7.02. The monoisotopic (exact) mass is 698 g/mol. The number of allylic oxidation sites excluding steroid dienone is 1. The van der Waals surface area contributed by atoms with Gasteiger partial charge in [-0.3, -0.25) is 4.98 Å². The van der Waals surface area contributed by atoms with E-state index >= 15 is 0 Å². The van der Waals surface area contributed by atoms with Crippen LogP contribution in [0.2, 0.25) is 0 Å². The van der Waals surface area contributed by atoms with Crippen LogP contribution in [0.4, 0.5) is 0 Å². The number of fused-ring (bicyclic) bond motifs is 2. The number of aryl methyl sites for hydroxylation is 1. The van der Waals surface area contributed by atoms with Gasteiger partial charge in [-0.2, -0.15) is 0 Å². The highest BCUT2D eigenvalue weighted by Crippen LogP contribution is 2.63. The van der Waals surface area contributed by atoms with Crippen LogP contribution in [0, 0.1) is 24.7 Å². The van der Waals surface area contributed by atoms with Gasteiger partial charge in [0, 0.05) is 41.7 Å². The number of nitrogens with zero attached hydrogens (tertiary/aromatic N) is 2.